The van der Waals surface area contributed by atoms with Gasteiger partial charge in [0.15, 0.2) is 12.4 Å². The van der Waals surface area contributed by atoms with Crippen LogP contribution in [0.4, 0.5) is 0 Å². The Hall–Kier alpha value is -2.46. The van der Waals surface area contributed by atoms with Gasteiger partial charge in [-0.3, -0.25) is 4.79 Å². The van der Waals surface area contributed by atoms with Crippen LogP contribution in [-0.2, 0) is 20.2 Å². The van der Waals surface area contributed by atoms with Crippen molar-refractivity contribution in [2.75, 3.05) is 25.4 Å². The van der Waals surface area contributed by atoms with Gasteiger partial charge in [-0.15, -0.1) is 0 Å². The van der Waals surface area contributed by atoms with Gasteiger partial charge in [0, 0.05) is 19.1 Å². The van der Waals surface area contributed by atoms with E-state index in [-0.39, 0.29) is 30.2 Å². The van der Waals surface area contributed by atoms with E-state index in [9.17, 15) is 13.2 Å². The third kappa shape index (κ3) is 4.06. The van der Waals surface area contributed by atoms with Crippen molar-refractivity contribution in [1.29, 1.82) is 0 Å². The molecule has 30 heavy (non-hydrogen) atoms. The molecule has 162 valence electrons. The van der Waals surface area contributed by atoms with Gasteiger partial charge in [0.05, 0.1) is 11.2 Å². The molecule has 0 spiro atoms. The fourth-order valence-electron chi connectivity index (χ4n) is 4.57. The van der Waals surface area contributed by atoms with E-state index in [4.69, 9.17) is 9.26 Å². The summed E-state index contributed by atoms with van der Waals surface area (Å²) in [6, 6.07) is 8.98. The van der Waals surface area contributed by atoms with Crippen LogP contribution in [0.15, 0.2) is 34.9 Å². The molecule has 2 aromatic rings. The van der Waals surface area contributed by atoms with Crippen molar-refractivity contribution in [2.24, 2.45) is 5.92 Å². The monoisotopic (exact) mass is 434 g/mol. The molecular formula is C20H26N4O5S. The fourth-order valence-corrected chi connectivity index (χ4v) is 5.43. The maximum absolute atomic E-state index is 12.8. The quantitative estimate of drug-likeness (QED) is 0.697. The van der Waals surface area contributed by atoms with Gasteiger partial charge in [-0.05, 0) is 44.7 Å². The molecule has 2 aliphatic rings. The number of sulfonamides is 1. The maximum Gasteiger partial charge on any atom is 0.260 e. The molecule has 2 fully saturated rings. The van der Waals surface area contributed by atoms with Gasteiger partial charge in [0.1, 0.15) is 5.75 Å². The summed E-state index contributed by atoms with van der Waals surface area (Å²) in [5, 5.41) is 3.93. The molecular weight excluding hydrogens is 408 g/mol. The van der Waals surface area contributed by atoms with Gasteiger partial charge in [0.25, 0.3) is 5.91 Å². The van der Waals surface area contributed by atoms with Crippen LogP contribution in [0.1, 0.15) is 31.5 Å². The molecule has 1 unspecified atom stereocenters. The largest absolute Gasteiger partial charge is 0.484 e. The zero-order chi connectivity index (χ0) is 21.4. The first-order valence-electron chi connectivity index (χ1n) is 10.1. The summed E-state index contributed by atoms with van der Waals surface area (Å²) >= 11 is 0. The van der Waals surface area contributed by atoms with Gasteiger partial charge < -0.3 is 14.2 Å². The molecule has 3 atom stereocenters. The van der Waals surface area contributed by atoms with E-state index in [1.54, 1.807) is 30.9 Å². The normalized spacial score (nSPS) is 26.0. The molecule has 1 amide bonds. The lowest BCUT2D eigenvalue weighted by atomic mass is 9.80. The average molecular weight is 435 g/mol. The number of rotatable bonds is 7. The van der Waals surface area contributed by atoms with Crippen molar-refractivity contribution in [1.82, 2.24) is 19.8 Å². The number of fused-ring (bicyclic) bond motifs is 1. The summed E-state index contributed by atoms with van der Waals surface area (Å²) in [7, 11) is -3.32. The Kier molecular flexibility index (Phi) is 5.54. The van der Waals surface area contributed by atoms with Gasteiger partial charge in [-0.1, -0.05) is 23.4 Å². The van der Waals surface area contributed by atoms with E-state index in [1.165, 1.54) is 0 Å². The van der Waals surface area contributed by atoms with E-state index in [1.807, 2.05) is 18.2 Å². The molecule has 2 heterocycles. The highest BCUT2D eigenvalue weighted by Gasteiger charge is 2.58. The summed E-state index contributed by atoms with van der Waals surface area (Å²) in [4.78, 5) is 19.0. The SMILES string of the molecule is CCS(=O)(=O)N[C@@H]1CC2CN(C(=O)COc3ccccc3)C[C@@]2(c2nc(C)no2)C1. The summed E-state index contributed by atoms with van der Waals surface area (Å²) in [5.41, 5.74) is -0.551. The second-order valence-corrected chi connectivity index (χ2v) is 10.1. The summed E-state index contributed by atoms with van der Waals surface area (Å²) < 4.78 is 38.0. The molecule has 1 aromatic heterocycles. The molecule has 1 saturated heterocycles. The summed E-state index contributed by atoms with van der Waals surface area (Å²) in [6.07, 6.45) is 1.13. The molecule has 1 saturated carbocycles. The fraction of sp³-hybridized carbons (Fsp3) is 0.550. The zero-order valence-electron chi connectivity index (χ0n) is 17.1. The van der Waals surface area contributed by atoms with Crippen molar-refractivity contribution in [3.8, 4) is 5.75 Å². The summed E-state index contributed by atoms with van der Waals surface area (Å²) in [6.45, 7) is 4.21. The number of hydrogen-bond donors (Lipinski definition) is 1. The molecule has 1 aliphatic carbocycles. The number of likely N-dealkylation sites (tertiary alicyclic amines) is 1. The molecule has 4 rings (SSSR count). The number of nitrogens with zero attached hydrogens (tertiary/aromatic N) is 3. The Morgan fingerprint density at radius 1 is 1.37 bits per heavy atom. The Balaban J connectivity index is 1.50. The molecule has 1 aliphatic heterocycles. The number of hydrogen-bond acceptors (Lipinski definition) is 7. The highest BCUT2D eigenvalue weighted by molar-refractivity contribution is 7.89. The summed E-state index contributed by atoms with van der Waals surface area (Å²) in [5.74, 6) is 1.58. The highest BCUT2D eigenvalue weighted by Crippen LogP contribution is 2.50. The lowest BCUT2D eigenvalue weighted by Crippen LogP contribution is -2.41. The minimum absolute atomic E-state index is 0.0300. The Bertz CT molecular complexity index is 1010. The van der Waals surface area contributed by atoms with E-state index in [0.717, 1.165) is 0 Å². The second kappa shape index (κ2) is 7.99. The molecule has 9 nitrogen and oxygen atoms in total. The van der Waals surface area contributed by atoms with E-state index in [0.29, 0.717) is 43.4 Å². The molecule has 10 heteroatoms. The molecule has 1 N–H and O–H groups in total. The first-order chi connectivity index (χ1) is 14.3. The minimum atomic E-state index is -3.32. The average Bonchev–Trinajstić information content (AvgIpc) is 3.39. The smallest absolute Gasteiger partial charge is 0.260 e. The molecule has 0 radical (unpaired) electrons. The number of carbonyl (C=O) groups is 1. The third-order valence-corrected chi connectivity index (χ3v) is 7.47. The topological polar surface area (TPSA) is 115 Å². The number of nitrogens with one attached hydrogen (secondary N) is 1. The first kappa shape index (κ1) is 20.8. The molecule has 0 bridgehead atoms. The van der Waals surface area contributed by atoms with E-state index < -0.39 is 15.4 Å². The van der Waals surface area contributed by atoms with Crippen LogP contribution < -0.4 is 9.46 Å². The van der Waals surface area contributed by atoms with Crippen LogP contribution in [0.25, 0.3) is 0 Å². The lowest BCUT2D eigenvalue weighted by Gasteiger charge is -2.25. The van der Waals surface area contributed by atoms with Crippen molar-refractivity contribution >= 4 is 15.9 Å². The van der Waals surface area contributed by atoms with Crippen LogP contribution >= 0.6 is 0 Å². The first-order valence-corrected chi connectivity index (χ1v) is 11.7. The van der Waals surface area contributed by atoms with Crippen LogP contribution in [0, 0.1) is 12.8 Å². The standard InChI is InChI=1S/C20H26N4O5S/c1-3-30(26,27)23-16-9-15-11-24(18(25)12-28-17-7-5-4-6-8-17)13-20(15,10-16)19-21-14(2)22-29-19/h4-8,15-16,23H,3,9-13H2,1-2H3/t15?,16-,20+/m1/s1. The van der Waals surface area contributed by atoms with Crippen molar-refractivity contribution < 1.29 is 22.5 Å². The minimum Gasteiger partial charge on any atom is -0.484 e. The second-order valence-electron chi connectivity index (χ2n) is 8.03. The van der Waals surface area contributed by atoms with Gasteiger partial charge in [0.2, 0.25) is 15.9 Å². The Labute approximate surface area is 175 Å². The van der Waals surface area contributed by atoms with Gasteiger partial charge >= 0.3 is 0 Å². The number of carbonyl (C=O) groups excluding carboxylic acids is 1. The lowest BCUT2D eigenvalue weighted by molar-refractivity contribution is -0.132. The van der Waals surface area contributed by atoms with Crippen LogP contribution in [-0.4, -0.2) is 60.9 Å². The number of para-hydroxylation sites is 1. The van der Waals surface area contributed by atoms with Crippen LogP contribution in [0.5, 0.6) is 5.75 Å². The Morgan fingerprint density at radius 3 is 2.80 bits per heavy atom. The molecule has 1 aromatic carbocycles. The van der Waals surface area contributed by atoms with Gasteiger partial charge in [-0.2, -0.15) is 4.98 Å². The van der Waals surface area contributed by atoms with E-state index >= 15 is 0 Å². The third-order valence-electron chi connectivity index (χ3n) is 6.01. The number of ether oxygens (including phenoxy) is 1. The predicted molar refractivity (Wildman–Crippen MR) is 108 cm³/mol. The van der Waals surface area contributed by atoms with Gasteiger partial charge in [-0.25, -0.2) is 13.1 Å². The number of aryl methyl sites for hydroxylation is 1. The van der Waals surface area contributed by atoms with Crippen LogP contribution in [0.3, 0.4) is 0 Å². The van der Waals surface area contributed by atoms with Crippen molar-refractivity contribution in [3.63, 3.8) is 0 Å². The van der Waals surface area contributed by atoms with E-state index in [2.05, 4.69) is 14.9 Å². The number of aromatic nitrogens is 2. The maximum atomic E-state index is 12.8. The van der Waals surface area contributed by atoms with Crippen molar-refractivity contribution in [3.05, 3.63) is 42.0 Å². The zero-order valence-corrected chi connectivity index (χ0v) is 17.9. The predicted octanol–water partition coefficient (Wildman–Crippen LogP) is 1.25. The van der Waals surface area contributed by atoms with Crippen molar-refractivity contribution in [2.45, 2.75) is 38.1 Å². The highest BCUT2D eigenvalue weighted by atomic mass is 32.2. The number of amides is 1. The van der Waals surface area contributed by atoms with Crippen LogP contribution in [0.2, 0.25) is 0 Å². The Morgan fingerprint density at radius 2 is 2.13 bits per heavy atom. The number of benzene rings is 1.